The Morgan fingerprint density at radius 2 is 2.31 bits per heavy atom. The average Bonchev–Trinajstić information content (AvgIpc) is 2.98. The number of hydrogen-bond acceptors (Lipinski definition) is 3. The van der Waals surface area contributed by atoms with Gasteiger partial charge in [0.2, 0.25) is 5.91 Å². The lowest BCUT2D eigenvalue weighted by Crippen LogP contribution is -2.49. The highest BCUT2D eigenvalue weighted by atomic mass is 16.3. The van der Waals surface area contributed by atoms with Crippen molar-refractivity contribution in [1.29, 1.82) is 0 Å². The summed E-state index contributed by atoms with van der Waals surface area (Å²) in [6.07, 6.45) is 4.46. The van der Waals surface area contributed by atoms with E-state index in [9.17, 15) is 9.90 Å². The summed E-state index contributed by atoms with van der Waals surface area (Å²) in [6, 6.07) is 0.0272. The van der Waals surface area contributed by atoms with Gasteiger partial charge in [-0.3, -0.25) is 4.79 Å². The van der Waals surface area contributed by atoms with E-state index in [1.807, 2.05) is 0 Å². The van der Waals surface area contributed by atoms with E-state index >= 15 is 0 Å². The molecule has 0 bridgehead atoms. The summed E-state index contributed by atoms with van der Waals surface area (Å²) in [4.78, 5) is 13.7. The third-order valence-corrected chi connectivity index (χ3v) is 3.67. The molecule has 4 nitrogen and oxygen atoms in total. The molecule has 0 aromatic carbocycles. The Morgan fingerprint density at radius 3 is 2.88 bits per heavy atom. The molecule has 1 heterocycles. The molecule has 1 aliphatic heterocycles. The third kappa shape index (κ3) is 2.95. The first-order valence-corrected chi connectivity index (χ1v) is 6.24. The maximum atomic E-state index is 12.0. The zero-order chi connectivity index (χ0) is 11.8. The molecular weight excluding hydrogens is 204 g/mol. The van der Waals surface area contributed by atoms with Gasteiger partial charge in [-0.2, -0.15) is 0 Å². The number of nitrogens with zero attached hydrogens (tertiary/aromatic N) is 1. The van der Waals surface area contributed by atoms with Crippen LogP contribution in [-0.4, -0.2) is 40.6 Å². The van der Waals surface area contributed by atoms with E-state index in [0.717, 1.165) is 19.4 Å². The van der Waals surface area contributed by atoms with Gasteiger partial charge in [-0.05, 0) is 38.5 Å². The van der Waals surface area contributed by atoms with Crippen molar-refractivity contribution in [2.45, 2.75) is 50.7 Å². The Labute approximate surface area is 96.8 Å². The molecule has 1 saturated heterocycles. The Morgan fingerprint density at radius 1 is 1.62 bits per heavy atom. The molecule has 2 fully saturated rings. The molecular formula is C12H22N2O2. The van der Waals surface area contributed by atoms with Crippen LogP contribution in [0.5, 0.6) is 0 Å². The molecule has 0 spiro atoms. The summed E-state index contributed by atoms with van der Waals surface area (Å²) in [5, 5.41) is 9.92. The zero-order valence-electron chi connectivity index (χ0n) is 9.98. The second-order valence-corrected chi connectivity index (χ2v) is 5.62. The minimum absolute atomic E-state index is 0.0272. The lowest BCUT2D eigenvalue weighted by Gasteiger charge is -2.37. The number of carbonyl (C=O) groups is 1. The summed E-state index contributed by atoms with van der Waals surface area (Å²) in [6.45, 7) is 3.03. The highest BCUT2D eigenvalue weighted by Crippen LogP contribution is 2.33. The first-order valence-electron chi connectivity index (χ1n) is 6.24. The van der Waals surface area contributed by atoms with Crippen LogP contribution in [0.2, 0.25) is 0 Å². The SMILES string of the molecule is CC1(O)CCCN(C(=O)CC(N)C2CC2)C1. The number of amides is 1. The van der Waals surface area contributed by atoms with Gasteiger partial charge in [0.05, 0.1) is 5.60 Å². The van der Waals surface area contributed by atoms with Gasteiger partial charge < -0.3 is 15.7 Å². The van der Waals surface area contributed by atoms with Gasteiger partial charge in [-0.15, -0.1) is 0 Å². The van der Waals surface area contributed by atoms with Crippen LogP contribution in [0.1, 0.15) is 39.0 Å². The second-order valence-electron chi connectivity index (χ2n) is 5.62. The van der Waals surface area contributed by atoms with Crippen LogP contribution in [0, 0.1) is 5.92 Å². The largest absolute Gasteiger partial charge is 0.388 e. The fourth-order valence-corrected chi connectivity index (χ4v) is 2.45. The molecule has 16 heavy (non-hydrogen) atoms. The smallest absolute Gasteiger partial charge is 0.224 e. The summed E-state index contributed by atoms with van der Waals surface area (Å²) in [5.41, 5.74) is 5.23. The second kappa shape index (κ2) is 4.34. The highest BCUT2D eigenvalue weighted by molar-refractivity contribution is 5.77. The van der Waals surface area contributed by atoms with E-state index in [1.54, 1.807) is 11.8 Å². The maximum Gasteiger partial charge on any atom is 0.224 e. The minimum Gasteiger partial charge on any atom is -0.388 e. The van der Waals surface area contributed by atoms with Gasteiger partial charge in [-0.1, -0.05) is 0 Å². The number of nitrogens with two attached hydrogens (primary N) is 1. The molecule has 4 heteroatoms. The molecule has 2 atom stereocenters. The molecule has 3 N–H and O–H groups in total. The molecule has 1 amide bonds. The fourth-order valence-electron chi connectivity index (χ4n) is 2.45. The van der Waals surface area contributed by atoms with Gasteiger partial charge in [0.1, 0.15) is 0 Å². The number of rotatable bonds is 3. The zero-order valence-corrected chi connectivity index (χ0v) is 9.98. The molecule has 0 aromatic heterocycles. The monoisotopic (exact) mass is 226 g/mol. The topological polar surface area (TPSA) is 66.6 Å². The van der Waals surface area contributed by atoms with Crippen LogP contribution in [0.15, 0.2) is 0 Å². The van der Waals surface area contributed by atoms with E-state index in [0.29, 0.717) is 18.9 Å². The first kappa shape index (κ1) is 11.9. The van der Waals surface area contributed by atoms with Gasteiger partial charge in [0.25, 0.3) is 0 Å². The Balaban J connectivity index is 1.83. The van der Waals surface area contributed by atoms with Crippen LogP contribution in [-0.2, 0) is 4.79 Å². The molecule has 1 aliphatic carbocycles. The van der Waals surface area contributed by atoms with Gasteiger partial charge in [-0.25, -0.2) is 0 Å². The molecule has 2 aliphatic rings. The molecule has 0 radical (unpaired) electrons. The predicted molar refractivity (Wildman–Crippen MR) is 61.8 cm³/mol. The van der Waals surface area contributed by atoms with Crippen molar-refractivity contribution in [2.75, 3.05) is 13.1 Å². The molecule has 2 unspecified atom stereocenters. The Hall–Kier alpha value is -0.610. The van der Waals surface area contributed by atoms with Crippen LogP contribution in [0.4, 0.5) is 0 Å². The van der Waals surface area contributed by atoms with E-state index in [-0.39, 0.29) is 11.9 Å². The Bertz CT molecular complexity index is 274. The van der Waals surface area contributed by atoms with Gasteiger partial charge in [0, 0.05) is 25.6 Å². The maximum absolute atomic E-state index is 12.0. The van der Waals surface area contributed by atoms with Crippen molar-refractivity contribution in [3.05, 3.63) is 0 Å². The van der Waals surface area contributed by atoms with E-state index in [2.05, 4.69) is 0 Å². The van der Waals surface area contributed by atoms with Crippen molar-refractivity contribution >= 4 is 5.91 Å². The highest BCUT2D eigenvalue weighted by Gasteiger charge is 2.34. The average molecular weight is 226 g/mol. The lowest BCUT2D eigenvalue weighted by molar-refractivity contribution is -0.137. The van der Waals surface area contributed by atoms with E-state index in [1.165, 1.54) is 12.8 Å². The summed E-state index contributed by atoms with van der Waals surface area (Å²) < 4.78 is 0. The summed E-state index contributed by atoms with van der Waals surface area (Å²) in [7, 11) is 0. The predicted octanol–water partition coefficient (Wildman–Crippen LogP) is 0.487. The van der Waals surface area contributed by atoms with Crippen molar-refractivity contribution in [1.82, 2.24) is 4.90 Å². The number of piperidine rings is 1. The number of likely N-dealkylation sites (tertiary alicyclic amines) is 1. The van der Waals surface area contributed by atoms with Crippen LogP contribution in [0.3, 0.4) is 0 Å². The molecule has 2 rings (SSSR count). The van der Waals surface area contributed by atoms with Crippen molar-refractivity contribution < 1.29 is 9.90 Å². The number of β-amino-alcohol motifs (C(OH)–C–C–N with tert-alkyl or cyclic N) is 1. The van der Waals surface area contributed by atoms with Gasteiger partial charge in [0.15, 0.2) is 0 Å². The van der Waals surface area contributed by atoms with E-state index in [4.69, 9.17) is 5.73 Å². The number of hydrogen-bond donors (Lipinski definition) is 2. The normalized spacial score (nSPS) is 32.6. The minimum atomic E-state index is -0.711. The molecule has 92 valence electrons. The number of carbonyl (C=O) groups excluding carboxylic acids is 1. The Kier molecular flexibility index (Phi) is 3.22. The fraction of sp³-hybridized carbons (Fsp3) is 0.917. The van der Waals surface area contributed by atoms with Crippen molar-refractivity contribution in [3.8, 4) is 0 Å². The van der Waals surface area contributed by atoms with Crippen molar-refractivity contribution in [2.24, 2.45) is 11.7 Å². The van der Waals surface area contributed by atoms with Crippen LogP contribution >= 0.6 is 0 Å². The van der Waals surface area contributed by atoms with E-state index < -0.39 is 5.60 Å². The van der Waals surface area contributed by atoms with Crippen LogP contribution in [0.25, 0.3) is 0 Å². The van der Waals surface area contributed by atoms with Crippen molar-refractivity contribution in [3.63, 3.8) is 0 Å². The van der Waals surface area contributed by atoms with Gasteiger partial charge >= 0.3 is 0 Å². The standard InChI is InChI=1S/C12H22N2O2/c1-12(16)5-2-6-14(8-12)11(15)7-10(13)9-3-4-9/h9-10,16H,2-8,13H2,1H3. The quantitative estimate of drug-likeness (QED) is 0.736. The molecule has 0 aromatic rings. The summed E-state index contributed by atoms with van der Waals surface area (Å²) >= 11 is 0. The van der Waals surface area contributed by atoms with Crippen LogP contribution < -0.4 is 5.73 Å². The number of aliphatic hydroxyl groups is 1. The lowest BCUT2D eigenvalue weighted by atomic mass is 9.94. The third-order valence-electron chi connectivity index (χ3n) is 3.67. The first-order chi connectivity index (χ1) is 7.48. The summed E-state index contributed by atoms with van der Waals surface area (Å²) in [5.74, 6) is 0.675. The molecule has 1 saturated carbocycles.